The van der Waals surface area contributed by atoms with Gasteiger partial charge in [0.25, 0.3) is 0 Å². The number of nitrogens with zero attached hydrogens (tertiary/aromatic N) is 2. The van der Waals surface area contributed by atoms with Crippen LogP contribution in [0.2, 0.25) is 0 Å². The Morgan fingerprint density at radius 2 is 1.77 bits per heavy atom. The molecule has 0 bridgehead atoms. The van der Waals surface area contributed by atoms with Gasteiger partial charge in [-0.05, 0) is 42.9 Å². The number of benzene rings is 2. The van der Waals surface area contributed by atoms with Gasteiger partial charge < -0.3 is 15.4 Å². The number of hydrogen-bond donors (Lipinski definition) is 2. The lowest BCUT2D eigenvalue weighted by molar-refractivity contribution is 0.159. The van der Waals surface area contributed by atoms with Crippen LogP contribution in [0.4, 0.5) is 10.5 Å². The Balaban J connectivity index is 1.37. The van der Waals surface area contributed by atoms with Crippen LogP contribution in [-0.4, -0.2) is 55.3 Å². The predicted molar refractivity (Wildman–Crippen MR) is 140 cm³/mol. The molecule has 1 aromatic heterocycles. The first kappa shape index (κ1) is 23.5. The van der Waals surface area contributed by atoms with Crippen LogP contribution in [0.3, 0.4) is 0 Å². The average molecular weight is 471 g/mol. The maximum absolute atomic E-state index is 13.3. The molecule has 5 rings (SSSR count). The summed E-state index contributed by atoms with van der Waals surface area (Å²) in [5.41, 5.74) is 6.30. The van der Waals surface area contributed by atoms with Crippen LogP contribution in [0.15, 0.2) is 66.7 Å². The van der Waals surface area contributed by atoms with E-state index in [-0.39, 0.29) is 18.0 Å². The molecule has 3 aromatic rings. The second kappa shape index (κ2) is 11.0. The molecule has 182 valence electrons. The molecule has 2 heterocycles. The van der Waals surface area contributed by atoms with Crippen molar-refractivity contribution in [2.24, 2.45) is 0 Å². The second-order valence-corrected chi connectivity index (χ2v) is 9.54. The Bertz CT molecular complexity index is 1140. The highest BCUT2D eigenvalue weighted by Crippen LogP contribution is 2.32. The van der Waals surface area contributed by atoms with E-state index in [0.717, 1.165) is 55.1 Å². The molecule has 0 spiro atoms. The SMILES string of the molecule is COCCN1C[C@@H](NC(=O)Nc2cc3c(nc2-c2ccccc2)CCCC3)[C@H](c2ccccc2)C1. The fourth-order valence-corrected chi connectivity index (χ4v) is 5.34. The molecule has 1 fully saturated rings. The Morgan fingerprint density at radius 3 is 2.54 bits per heavy atom. The van der Waals surface area contributed by atoms with Crippen LogP contribution in [0.5, 0.6) is 0 Å². The van der Waals surface area contributed by atoms with Crippen molar-refractivity contribution in [3.8, 4) is 11.3 Å². The summed E-state index contributed by atoms with van der Waals surface area (Å²) in [6, 6.07) is 22.6. The molecule has 2 aliphatic rings. The van der Waals surface area contributed by atoms with Gasteiger partial charge in [-0.25, -0.2) is 4.79 Å². The average Bonchev–Trinajstić information content (AvgIpc) is 3.30. The molecule has 2 atom stereocenters. The van der Waals surface area contributed by atoms with E-state index in [1.807, 2.05) is 24.3 Å². The molecule has 0 unspecified atom stereocenters. The van der Waals surface area contributed by atoms with Crippen molar-refractivity contribution in [2.75, 3.05) is 38.7 Å². The number of aromatic nitrogens is 1. The first-order valence-corrected chi connectivity index (χ1v) is 12.6. The molecule has 6 nitrogen and oxygen atoms in total. The van der Waals surface area contributed by atoms with Crippen molar-refractivity contribution in [3.05, 3.63) is 83.6 Å². The highest BCUT2D eigenvalue weighted by Gasteiger charge is 2.34. The van der Waals surface area contributed by atoms with Gasteiger partial charge in [0.05, 0.1) is 24.0 Å². The van der Waals surface area contributed by atoms with E-state index >= 15 is 0 Å². The molecule has 1 aliphatic carbocycles. The molecule has 1 saturated heterocycles. The number of likely N-dealkylation sites (tertiary alicyclic amines) is 1. The number of carbonyl (C=O) groups is 1. The van der Waals surface area contributed by atoms with Crippen molar-refractivity contribution in [2.45, 2.75) is 37.6 Å². The fourth-order valence-electron chi connectivity index (χ4n) is 5.34. The number of hydrogen-bond acceptors (Lipinski definition) is 4. The molecular formula is C29H34N4O2. The standard InChI is InChI=1S/C29H34N4O2/c1-35-17-16-33-19-24(21-10-4-2-5-11-21)27(20-33)32-29(34)31-26-18-23-14-8-9-15-25(23)30-28(26)22-12-6-3-7-13-22/h2-7,10-13,18,24,27H,8-9,14-17,19-20H2,1H3,(H2,31,32,34)/t24-,27+/m0/s1. The Morgan fingerprint density at radius 1 is 1.03 bits per heavy atom. The minimum Gasteiger partial charge on any atom is -0.383 e. The minimum atomic E-state index is -0.181. The van der Waals surface area contributed by atoms with Gasteiger partial charge in [-0.15, -0.1) is 0 Å². The quantitative estimate of drug-likeness (QED) is 0.517. The van der Waals surface area contributed by atoms with E-state index in [4.69, 9.17) is 9.72 Å². The van der Waals surface area contributed by atoms with Gasteiger partial charge in [0, 0.05) is 43.9 Å². The van der Waals surface area contributed by atoms with Gasteiger partial charge in [0.1, 0.15) is 0 Å². The third-order valence-electron chi connectivity index (χ3n) is 7.15. The Kier molecular flexibility index (Phi) is 7.40. The lowest BCUT2D eigenvalue weighted by atomic mass is 9.94. The number of pyridine rings is 1. The molecule has 2 amide bonds. The molecule has 2 N–H and O–H groups in total. The summed E-state index contributed by atoms with van der Waals surface area (Å²) >= 11 is 0. The monoisotopic (exact) mass is 470 g/mol. The summed E-state index contributed by atoms with van der Waals surface area (Å²) in [4.78, 5) is 20.7. The summed E-state index contributed by atoms with van der Waals surface area (Å²) in [6.07, 6.45) is 4.35. The first-order chi connectivity index (χ1) is 17.2. The summed E-state index contributed by atoms with van der Waals surface area (Å²) < 4.78 is 5.29. The van der Waals surface area contributed by atoms with Gasteiger partial charge in [0.2, 0.25) is 0 Å². The van der Waals surface area contributed by atoms with Crippen molar-refractivity contribution in [1.29, 1.82) is 0 Å². The number of carbonyl (C=O) groups excluding carboxylic acids is 1. The van der Waals surface area contributed by atoms with Gasteiger partial charge in [0.15, 0.2) is 0 Å². The van der Waals surface area contributed by atoms with Gasteiger partial charge >= 0.3 is 6.03 Å². The molecule has 6 heteroatoms. The lowest BCUT2D eigenvalue weighted by Gasteiger charge is -2.22. The van der Waals surface area contributed by atoms with Crippen LogP contribution in [0.1, 0.15) is 35.6 Å². The summed E-state index contributed by atoms with van der Waals surface area (Å²) in [6.45, 7) is 3.23. The molecule has 1 aliphatic heterocycles. The van der Waals surface area contributed by atoms with Gasteiger partial charge in [-0.1, -0.05) is 60.7 Å². The third-order valence-corrected chi connectivity index (χ3v) is 7.15. The lowest BCUT2D eigenvalue weighted by Crippen LogP contribution is -2.42. The maximum Gasteiger partial charge on any atom is 0.319 e. The van der Waals surface area contributed by atoms with E-state index in [1.54, 1.807) is 7.11 Å². The third kappa shape index (κ3) is 5.55. The molecule has 35 heavy (non-hydrogen) atoms. The number of nitrogens with one attached hydrogen (secondary N) is 2. The van der Waals surface area contributed by atoms with E-state index in [0.29, 0.717) is 6.61 Å². The normalized spacial score (nSPS) is 19.8. The van der Waals surface area contributed by atoms with E-state index < -0.39 is 0 Å². The smallest absolute Gasteiger partial charge is 0.319 e. The van der Waals surface area contributed by atoms with Crippen molar-refractivity contribution < 1.29 is 9.53 Å². The molecule has 0 saturated carbocycles. The zero-order valence-electron chi connectivity index (χ0n) is 20.4. The Hall–Kier alpha value is -3.22. The molecular weight excluding hydrogens is 436 g/mol. The van der Waals surface area contributed by atoms with E-state index in [1.165, 1.54) is 24.0 Å². The van der Waals surface area contributed by atoms with Crippen molar-refractivity contribution in [3.63, 3.8) is 0 Å². The highest BCUT2D eigenvalue weighted by molar-refractivity contribution is 5.94. The number of amides is 2. The zero-order valence-corrected chi connectivity index (χ0v) is 20.4. The largest absolute Gasteiger partial charge is 0.383 e. The first-order valence-electron chi connectivity index (χ1n) is 12.6. The van der Waals surface area contributed by atoms with Crippen molar-refractivity contribution in [1.82, 2.24) is 15.2 Å². The number of ether oxygens (including phenoxy) is 1. The summed E-state index contributed by atoms with van der Waals surface area (Å²) in [5, 5.41) is 6.44. The van der Waals surface area contributed by atoms with E-state index in [9.17, 15) is 4.79 Å². The second-order valence-electron chi connectivity index (χ2n) is 9.54. The van der Waals surface area contributed by atoms with Gasteiger partial charge in [-0.2, -0.15) is 0 Å². The van der Waals surface area contributed by atoms with Crippen LogP contribution in [-0.2, 0) is 17.6 Å². The number of aryl methyl sites for hydroxylation is 2. The van der Waals surface area contributed by atoms with Crippen LogP contribution in [0.25, 0.3) is 11.3 Å². The van der Waals surface area contributed by atoms with Crippen molar-refractivity contribution >= 4 is 11.7 Å². The number of rotatable bonds is 7. The topological polar surface area (TPSA) is 66.5 Å². The summed E-state index contributed by atoms with van der Waals surface area (Å²) in [7, 11) is 1.73. The van der Waals surface area contributed by atoms with Crippen LogP contribution in [0, 0.1) is 0 Å². The Labute approximate surface area is 207 Å². The van der Waals surface area contributed by atoms with Crippen LogP contribution < -0.4 is 10.6 Å². The predicted octanol–water partition coefficient (Wildman–Crippen LogP) is 4.86. The number of fused-ring (bicyclic) bond motifs is 1. The zero-order chi connectivity index (χ0) is 24.0. The number of urea groups is 1. The van der Waals surface area contributed by atoms with E-state index in [2.05, 4.69) is 58.0 Å². The summed E-state index contributed by atoms with van der Waals surface area (Å²) in [5.74, 6) is 0.231. The number of methoxy groups -OCH3 is 1. The highest BCUT2D eigenvalue weighted by atomic mass is 16.5. The van der Waals surface area contributed by atoms with Crippen LogP contribution >= 0.6 is 0 Å². The number of anilines is 1. The molecule has 2 aromatic carbocycles. The fraction of sp³-hybridized carbons (Fsp3) is 0.379. The van der Waals surface area contributed by atoms with Gasteiger partial charge in [-0.3, -0.25) is 9.88 Å². The minimum absolute atomic E-state index is 0.0139. The maximum atomic E-state index is 13.3. The molecule has 0 radical (unpaired) electrons.